The van der Waals surface area contributed by atoms with Crippen LogP contribution in [0, 0.1) is 18.8 Å². The zero-order valence-corrected chi connectivity index (χ0v) is 22.7. The summed E-state index contributed by atoms with van der Waals surface area (Å²) in [7, 11) is 1.86. The SMILES string of the molecule is C.Cc1c(C#Cc2cccc3cc([C@H](C)NC(=O)c4c(N)nc5cccnn45)n(-c4ccccc4)c(=O)c23)cnn1C. The summed E-state index contributed by atoms with van der Waals surface area (Å²) in [5.41, 5.74) is 10.0. The number of carbonyl (C=O) groups is 1. The van der Waals surface area contributed by atoms with Gasteiger partial charge in [0.1, 0.15) is 0 Å². The van der Waals surface area contributed by atoms with Crippen LogP contribution >= 0.6 is 0 Å². The number of amides is 1. The van der Waals surface area contributed by atoms with E-state index in [0.717, 1.165) is 11.3 Å². The summed E-state index contributed by atoms with van der Waals surface area (Å²) in [4.78, 5) is 31.9. The quantitative estimate of drug-likeness (QED) is 0.313. The number of anilines is 1. The van der Waals surface area contributed by atoms with Crippen molar-refractivity contribution >= 4 is 28.1 Å². The molecule has 4 aromatic heterocycles. The van der Waals surface area contributed by atoms with Crippen molar-refractivity contribution in [3.63, 3.8) is 0 Å². The van der Waals surface area contributed by atoms with Crippen LogP contribution in [0.5, 0.6) is 0 Å². The first kappa shape index (κ1) is 27.9. The van der Waals surface area contributed by atoms with E-state index in [1.807, 2.05) is 75.5 Å². The molecule has 42 heavy (non-hydrogen) atoms. The summed E-state index contributed by atoms with van der Waals surface area (Å²) < 4.78 is 4.77. The predicted octanol–water partition coefficient (Wildman–Crippen LogP) is 4.18. The van der Waals surface area contributed by atoms with Crippen LogP contribution in [0.15, 0.2) is 83.9 Å². The number of para-hydroxylation sites is 1. The normalized spacial score (nSPS) is 11.5. The number of fused-ring (bicyclic) bond motifs is 2. The van der Waals surface area contributed by atoms with Gasteiger partial charge in [-0.15, -0.1) is 0 Å². The van der Waals surface area contributed by atoms with Crippen LogP contribution in [0.4, 0.5) is 5.82 Å². The number of rotatable bonds is 4. The molecule has 10 heteroatoms. The molecule has 3 N–H and O–H groups in total. The summed E-state index contributed by atoms with van der Waals surface area (Å²) in [6.45, 7) is 3.76. The van der Waals surface area contributed by atoms with Crippen molar-refractivity contribution in [1.82, 2.24) is 34.3 Å². The zero-order valence-electron chi connectivity index (χ0n) is 22.7. The first-order chi connectivity index (χ1) is 19.8. The first-order valence-corrected chi connectivity index (χ1v) is 13.0. The Kier molecular flexibility index (Phi) is 7.34. The first-order valence-electron chi connectivity index (χ1n) is 13.0. The average molecular weight is 559 g/mol. The molecule has 10 nitrogen and oxygen atoms in total. The molecular weight excluding hydrogens is 528 g/mol. The Hall–Kier alpha value is -5.69. The van der Waals surface area contributed by atoms with Crippen molar-refractivity contribution in [2.24, 2.45) is 7.05 Å². The summed E-state index contributed by atoms with van der Waals surface area (Å²) >= 11 is 0. The number of hydrogen-bond acceptors (Lipinski definition) is 6. The van der Waals surface area contributed by atoms with Crippen LogP contribution in [-0.4, -0.2) is 34.9 Å². The molecule has 0 spiro atoms. The topological polar surface area (TPSA) is 125 Å². The molecule has 1 atom stereocenters. The molecule has 6 aromatic rings. The standard InChI is InChI=1S/C31H26N8O2.CH4/c1-19(35-30(40)28-29(32)36-26-13-8-16-33-39(26)28)25-17-22-10-7-9-21(14-15-23-18-34-37(3)20(23)2)27(22)31(41)38(25)24-11-5-4-6-12-24;/h4-13,16-19H,32H2,1-3H3,(H,35,40);1H4/t19-;/m0./s1. The van der Waals surface area contributed by atoms with Crippen LogP contribution in [0.3, 0.4) is 0 Å². The van der Waals surface area contributed by atoms with E-state index in [1.54, 1.807) is 33.8 Å². The van der Waals surface area contributed by atoms with Crippen LogP contribution in [0.1, 0.15) is 53.4 Å². The van der Waals surface area contributed by atoms with Gasteiger partial charge in [-0.3, -0.25) is 18.8 Å². The molecule has 4 heterocycles. The summed E-state index contributed by atoms with van der Waals surface area (Å²) in [5, 5.41) is 12.7. The number of nitrogen functional groups attached to an aromatic ring is 1. The lowest BCUT2D eigenvalue weighted by molar-refractivity contribution is 0.0932. The van der Waals surface area contributed by atoms with Gasteiger partial charge in [0.05, 0.1) is 28.9 Å². The number of aromatic nitrogens is 6. The monoisotopic (exact) mass is 558 g/mol. The summed E-state index contributed by atoms with van der Waals surface area (Å²) in [6, 6.07) is 19.6. The van der Waals surface area contributed by atoms with Gasteiger partial charge >= 0.3 is 0 Å². The van der Waals surface area contributed by atoms with Gasteiger partial charge in [-0.1, -0.05) is 49.6 Å². The fourth-order valence-electron chi connectivity index (χ4n) is 4.86. The number of carbonyl (C=O) groups excluding carboxylic acids is 1. The second kappa shape index (κ2) is 11.1. The highest BCUT2D eigenvalue weighted by atomic mass is 16.2. The minimum atomic E-state index is -0.582. The fourth-order valence-corrected chi connectivity index (χ4v) is 4.86. The predicted molar refractivity (Wildman–Crippen MR) is 163 cm³/mol. The minimum absolute atomic E-state index is 0. The number of nitrogens with one attached hydrogen (secondary N) is 1. The van der Waals surface area contributed by atoms with Crippen LogP contribution < -0.4 is 16.6 Å². The lowest BCUT2D eigenvalue weighted by atomic mass is 10.0. The summed E-state index contributed by atoms with van der Waals surface area (Å²) in [5.74, 6) is 5.96. The van der Waals surface area contributed by atoms with Crippen molar-refractivity contribution in [3.05, 3.63) is 118 Å². The molecule has 0 saturated carbocycles. The van der Waals surface area contributed by atoms with E-state index >= 15 is 0 Å². The van der Waals surface area contributed by atoms with E-state index < -0.39 is 11.9 Å². The second-order valence-corrected chi connectivity index (χ2v) is 9.67. The lowest BCUT2D eigenvalue weighted by Gasteiger charge is -2.21. The molecule has 0 saturated heterocycles. The number of imidazole rings is 1. The van der Waals surface area contributed by atoms with Gasteiger partial charge in [-0.05, 0) is 55.6 Å². The van der Waals surface area contributed by atoms with Gasteiger partial charge in [-0.25, -0.2) is 9.50 Å². The number of hydrogen-bond donors (Lipinski definition) is 2. The number of pyridine rings is 1. The maximum Gasteiger partial charge on any atom is 0.274 e. The van der Waals surface area contributed by atoms with E-state index in [-0.39, 0.29) is 24.5 Å². The number of aryl methyl sites for hydroxylation is 1. The van der Waals surface area contributed by atoms with Crippen molar-refractivity contribution in [1.29, 1.82) is 0 Å². The highest BCUT2D eigenvalue weighted by molar-refractivity contribution is 5.98. The smallest absolute Gasteiger partial charge is 0.274 e. The Bertz CT molecular complexity index is 2080. The number of nitrogens with zero attached hydrogens (tertiary/aromatic N) is 6. The van der Waals surface area contributed by atoms with Crippen LogP contribution in [0.25, 0.3) is 22.1 Å². The molecular formula is C32H30N8O2. The Morgan fingerprint density at radius 3 is 2.50 bits per heavy atom. The van der Waals surface area contributed by atoms with Crippen LogP contribution in [0.2, 0.25) is 0 Å². The fraction of sp³-hybridized carbons (Fsp3) is 0.156. The molecule has 0 bridgehead atoms. The van der Waals surface area contributed by atoms with Gasteiger partial charge in [-0.2, -0.15) is 10.2 Å². The molecule has 0 radical (unpaired) electrons. The van der Waals surface area contributed by atoms with Crippen molar-refractivity contribution in [3.8, 4) is 17.5 Å². The van der Waals surface area contributed by atoms with Gasteiger partial charge in [0.25, 0.3) is 11.5 Å². The maximum absolute atomic E-state index is 14.2. The van der Waals surface area contributed by atoms with E-state index in [9.17, 15) is 9.59 Å². The Labute approximate surface area is 242 Å². The van der Waals surface area contributed by atoms with E-state index in [1.165, 1.54) is 4.52 Å². The second-order valence-electron chi connectivity index (χ2n) is 9.67. The molecule has 6 rings (SSSR count). The largest absolute Gasteiger partial charge is 0.382 e. The Balaban J connectivity index is 0.00000353. The molecule has 2 aromatic carbocycles. The third kappa shape index (κ3) is 4.77. The highest BCUT2D eigenvalue weighted by Gasteiger charge is 2.23. The average Bonchev–Trinajstić information content (AvgIpc) is 3.49. The molecule has 0 aliphatic heterocycles. The van der Waals surface area contributed by atoms with Crippen molar-refractivity contribution < 1.29 is 4.79 Å². The highest BCUT2D eigenvalue weighted by Crippen LogP contribution is 2.24. The van der Waals surface area contributed by atoms with Gasteiger partial charge in [0.2, 0.25) is 0 Å². The van der Waals surface area contributed by atoms with E-state index in [0.29, 0.717) is 33.4 Å². The zero-order chi connectivity index (χ0) is 28.7. The number of nitrogens with two attached hydrogens (primary N) is 1. The molecule has 0 aliphatic rings. The molecule has 0 aliphatic carbocycles. The molecule has 1 amide bonds. The van der Waals surface area contributed by atoms with E-state index in [2.05, 4.69) is 32.3 Å². The van der Waals surface area contributed by atoms with Crippen molar-refractivity contribution in [2.45, 2.75) is 27.3 Å². The molecule has 210 valence electrons. The summed E-state index contributed by atoms with van der Waals surface area (Å²) in [6.07, 6.45) is 3.27. The Morgan fingerprint density at radius 1 is 1.00 bits per heavy atom. The molecule has 0 unspecified atom stereocenters. The lowest BCUT2D eigenvalue weighted by Crippen LogP contribution is -2.33. The third-order valence-corrected chi connectivity index (χ3v) is 7.08. The van der Waals surface area contributed by atoms with Crippen LogP contribution in [-0.2, 0) is 7.05 Å². The van der Waals surface area contributed by atoms with Gasteiger partial charge in [0, 0.05) is 30.2 Å². The molecule has 0 fully saturated rings. The number of benzene rings is 2. The maximum atomic E-state index is 14.2. The van der Waals surface area contributed by atoms with E-state index in [4.69, 9.17) is 5.73 Å². The minimum Gasteiger partial charge on any atom is -0.382 e. The Morgan fingerprint density at radius 2 is 1.76 bits per heavy atom. The van der Waals surface area contributed by atoms with Gasteiger partial charge in [0.15, 0.2) is 17.2 Å². The van der Waals surface area contributed by atoms with Crippen molar-refractivity contribution in [2.75, 3.05) is 5.73 Å². The third-order valence-electron chi connectivity index (χ3n) is 7.08. The van der Waals surface area contributed by atoms with Gasteiger partial charge < -0.3 is 11.1 Å².